The van der Waals surface area contributed by atoms with Crippen LogP contribution in [0.1, 0.15) is 86.5 Å². The Balaban J connectivity index is 1.32. The number of epoxide rings is 1. The van der Waals surface area contributed by atoms with E-state index in [1.807, 2.05) is 0 Å². The second kappa shape index (κ2) is 18.4. The van der Waals surface area contributed by atoms with Gasteiger partial charge in [-0.2, -0.15) is 0 Å². The fourth-order valence-electron chi connectivity index (χ4n) is 7.00. The summed E-state index contributed by atoms with van der Waals surface area (Å²) < 4.78 is 23.4. The number of carbonyl (C=O) groups is 2. The van der Waals surface area contributed by atoms with E-state index in [4.69, 9.17) is 18.9 Å². The van der Waals surface area contributed by atoms with Crippen LogP contribution in [0.4, 0.5) is 4.79 Å². The Kier molecular flexibility index (Phi) is 15.3. The molecule has 0 saturated carbocycles. The van der Waals surface area contributed by atoms with Gasteiger partial charge in [-0.3, -0.25) is 4.79 Å². The van der Waals surface area contributed by atoms with Gasteiger partial charge in [-0.05, 0) is 76.7 Å². The van der Waals surface area contributed by atoms with E-state index in [-0.39, 0.29) is 47.9 Å². The van der Waals surface area contributed by atoms with Crippen LogP contribution in [0.15, 0.2) is 23.8 Å². The quantitative estimate of drug-likeness (QED) is 0.120. The third-order valence-corrected chi connectivity index (χ3v) is 9.63. The van der Waals surface area contributed by atoms with Crippen LogP contribution >= 0.6 is 0 Å². The molecule has 0 radical (unpaired) electrons. The summed E-state index contributed by atoms with van der Waals surface area (Å²) in [5.41, 5.74) is 0.992. The highest BCUT2D eigenvalue weighted by molar-refractivity contribution is 5.75. The summed E-state index contributed by atoms with van der Waals surface area (Å²) in [5, 5.41) is 16.3. The number of methoxy groups -OCH3 is 1. The molecular formula is C35H61N3O7. The van der Waals surface area contributed by atoms with Gasteiger partial charge in [-0.1, -0.05) is 39.0 Å². The van der Waals surface area contributed by atoms with Crippen molar-refractivity contribution in [1.82, 2.24) is 15.5 Å². The van der Waals surface area contributed by atoms with Crippen molar-refractivity contribution in [2.45, 2.75) is 123 Å². The molecule has 10 heteroatoms. The van der Waals surface area contributed by atoms with Gasteiger partial charge >= 0.3 is 6.09 Å². The van der Waals surface area contributed by atoms with Gasteiger partial charge in [0.15, 0.2) is 0 Å². The number of allylic oxidation sites excluding steroid dienone is 3. The molecule has 0 bridgehead atoms. The summed E-state index contributed by atoms with van der Waals surface area (Å²) in [4.78, 5) is 26.2. The molecule has 9 atom stereocenters. The molecule has 3 N–H and O–H groups in total. The number of nitrogens with one attached hydrogen (secondary N) is 2. The van der Waals surface area contributed by atoms with Gasteiger partial charge in [0.05, 0.1) is 42.7 Å². The van der Waals surface area contributed by atoms with Crippen molar-refractivity contribution in [2.75, 3.05) is 46.4 Å². The molecule has 3 rings (SSSR count). The molecular weight excluding hydrogens is 574 g/mol. The van der Waals surface area contributed by atoms with Crippen LogP contribution in [-0.4, -0.2) is 105 Å². The molecule has 0 aromatic rings. The van der Waals surface area contributed by atoms with Crippen molar-refractivity contribution in [3.63, 3.8) is 0 Å². The normalized spacial score (nSPS) is 30.0. The zero-order valence-corrected chi connectivity index (χ0v) is 28.9. The van der Waals surface area contributed by atoms with Crippen LogP contribution in [0.5, 0.6) is 0 Å². The Hall–Kier alpha value is -1.98. The van der Waals surface area contributed by atoms with Crippen LogP contribution in [0, 0.1) is 17.8 Å². The second-order valence-electron chi connectivity index (χ2n) is 13.8. The minimum absolute atomic E-state index is 0.00857. The fraction of sp³-hybridized carbons (Fsp3) is 0.829. The standard InChI is InChI=1S/C35H61N3O7/c1-24(22-35(6)33(45-35)27(4)32(42-7)28(5)39)12-11-13-25(2)31-26(3)15-16-29(44-31)23-37-30(40)14-9-8-10-21-43-34(41)38-19-17-36-18-20-38/h11-13,24,26-29,31-33,36,39H,8-10,14-23H2,1-7H3,(H,37,40)/b12-11+,25-13+/t24?,26-,27?,28?,29+,31+,32?,33+,35+/m0/s1. The molecule has 10 nitrogen and oxygen atoms in total. The summed E-state index contributed by atoms with van der Waals surface area (Å²) in [6.07, 6.45) is 11.4. The number of unbranched alkanes of at least 4 members (excludes halogenated alkanes) is 2. The van der Waals surface area contributed by atoms with E-state index >= 15 is 0 Å². The Morgan fingerprint density at radius 1 is 1.16 bits per heavy atom. The minimum atomic E-state index is -0.535. The van der Waals surface area contributed by atoms with E-state index in [1.54, 1.807) is 18.9 Å². The number of carbonyl (C=O) groups excluding carboxylic acids is 2. The van der Waals surface area contributed by atoms with Gasteiger partial charge in [0.25, 0.3) is 0 Å². The molecule has 45 heavy (non-hydrogen) atoms. The van der Waals surface area contributed by atoms with Crippen molar-refractivity contribution in [1.29, 1.82) is 0 Å². The second-order valence-corrected chi connectivity index (χ2v) is 13.8. The number of aliphatic hydroxyl groups excluding tert-OH is 1. The number of piperazine rings is 1. The topological polar surface area (TPSA) is 122 Å². The molecule has 3 heterocycles. The monoisotopic (exact) mass is 635 g/mol. The number of nitrogens with zero attached hydrogens (tertiary/aromatic N) is 1. The molecule has 0 aliphatic carbocycles. The summed E-state index contributed by atoms with van der Waals surface area (Å²) in [6, 6.07) is 0. The first kappa shape index (κ1) is 37.5. The predicted octanol–water partition coefficient (Wildman–Crippen LogP) is 4.61. The first-order chi connectivity index (χ1) is 21.4. The highest BCUT2D eigenvalue weighted by Gasteiger charge is 2.56. The maximum atomic E-state index is 12.4. The summed E-state index contributed by atoms with van der Waals surface area (Å²) >= 11 is 0. The van der Waals surface area contributed by atoms with E-state index in [0.29, 0.717) is 44.5 Å². The number of amides is 2. The number of ether oxygens (including phenoxy) is 4. The lowest BCUT2D eigenvalue weighted by Gasteiger charge is -2.35. The van der Waals surface area contributed by atoms with E-state index < -0.39 is 6.10 Å². The van der Waals surface area contributed by atoms with Gasteiger partial charge < -0.3 is 39.6 Å². The lowest BCUT2D eigenvalue weighted by Crippen LogP contribution is -2.46. The smallest absolute Gasteiger partial charge is 0.409 e. The maximum Gasteiger partial charge on any atom is 0.409 e. The van der Waals surface area contributed by atoms with Gasteiger partial charge in [0.2, 0.25) is 5.91 Å². The third-order valence-electron chi connectivity index (χ3n) is 9.63. The van der Waals surface area contributed by atoms with Crippen molar-refractivity contribution < 1.29 is 33.6 Å². The summed E-state index contributed by atoms with van der Waals surface area (Å²) in [6.45, 7) is 16.5. The Labute approximate surface area is 271 Å². The van der Waals surface area contributed by atoms with Gasteiger partial charge in [0, 0.05) is 52.2 Å². The molecule has 2 amide bonds. The highest BCUT2D eigenvalue weighted by atomic mass is 16.6. The van der Waals surface area contributed by atoms with Crippen molar-refractivity contribution in [3.05, 3.63) is 23.8 Å². The molecule has 3 saturated heterocycles. The van der Waals surface area contributed by atoms with E-state index in [1.165, 1.54) is 5.57 Å². The van der Waals surface area contributed by atoms with Crippen molar-refractivity contribution in [3.8, 4) is 0 Å². The lowest BCUT2D eigenvalue weighted by atomic mass is 9.85. The summed E-state index contributed by atoms with van der Waals surface area (Å²) in [5.74, 6) is 0.920. The average Bonchev–Trinajstić information content (AvgIpc) is 3.68. The number of aliphatic hydroxyl groups is 1. The van der Waals surface area contributed by atoms with Crippen molar-refractivity contribution in [2.24, 2.45) is 17.8 Å². The number of hydrogen-bond donors (Lipinski definition) is 3. The predicted molar refractivity (Wildman–Crippen MR) is 176 cm³/mol. The van der Waals surface area contributed by atoms with Crippen LogP contribution < -0.4 is 10.6 Å². The molecule has 0 aromatic carbocycles. The van der Waals surface area contributed by atoms with Gasteiger partial charge in [-0.15, -0.1) is 0 Å². The zero-order chi connectivity index (χ0) is 33.0. The largest absolute Gasteiger partial charge is 0.449 e. The van der Waals surface area contributed by atoms with Gasteiger partial charge in [-0.25, -0.2) is 4.79 Å². The van der Waals surface area contributed by atoms with E-state index in [0.717, 1.165) is 51.6 Å². The van der Waals surface area contributed by atoms with Crippen LogP contribution in [0.25, 0.3) is 0 Å². The Morgan fingerprint density at radius 3 is 2.58 bits per heavy atom. The first-order valence-corrected chi connectivity index (χ1v) is 17.2. The zero-order valence-electron chi connectivity index (χ0n) is 28.9. The van der Waals surface area contributed by atoms with Crippen molar-refractivity contribution >= 4 is 12.0 Å². The van der Waals surface area contributed by atoms with E-state index in [9.17, 15) is 14.7 Å². The SMILES string of the molecule is COC(C(C)O)C(C)[C@H]1O[C@]1(C)CC(C)/C=C/C=C(\C)[C@H]1O[C@@H](CNC(=O)CCCCCOC(=O)N2CCNCC2)CC[C@@H]1C. The molecule has 3 aliphatic heterocycles. The first-order valence-electron chi connectivity index (χ1n) is 17.2. The molecule has 0 aromatic heterocycles. The maximum absolute atomic E-state index is 12.4. The molecule has 3 aliphatic rings. The Bertz CT molecular complexity index is 982. The number of hydrogen-bond acceptors (Lipinski definition) is 8. The summed E-state index contributed by atoms with van der Waals surface area (Å²) in [7, 11) is 1.64. The Morgan fingerprint density at radius 2 is 1.89 bits per heavy atom. The molecule has 4 unspecified atom stereocenters. The fourth-order valence-corrected chi connectivity index (χ4v) is 7.00. The average molecular weight is 636 g/mol. The van der Waals surface area contributed by atoms with E-state index in [2.05, 4.69) is 63.5 Å². The molecule has 3 fully saturated rings. The van der Waals surface area contributed by atoms with Gasteiger partial charge in [0.1, 0.15) is 0 Å². The third kappa shape index (κ3) is 12.0. The lowest BCUT2D eigenvalue weighted by molar-refractivity contribution is -0.123. The highest BCUT2D eigenvalue weighted by Crippen LogP contribution is 2.47. The molecule has 258 valence electrons. The molecule has 0 spiro atoms. The van der Waals surface area contributed by atoms with Crippen LogP contribution in [-0.2, 0) is 23.7 Å². The number of rotatable bonds is 17. The minimum Gasteiger partial charge on any atom is -0.449 e. The van der Waals surface area contributed by atoms with Crippen LogP contribution in [0.2, 0.25) is 0 Å². The van der Waals surface area contributed by atoms with Crippen LogP contribution in [0.3, 0.4) is 0 Å².